The van der Waals surface area contributed by atoms with Crippen molar-refractivity contribution in [3.63, 3.8) is 0 Å². The maximum Gasteiger partial charge on any atom is 0.422 e. The van der Waals surface area contributed by atoms with Gasteiger partial charge in [-0.2, -0.15) is 8.42 Å². The monoisotopic (exact) mass is 302 g/mol. The lowest BCUT2D eigenvalue weighted by molar-refractivity contribution is 0.0600. The molecule has 20 heavy (non-hydrogen) atoms. The number of nitrogens with one attached hydrogen (secondary N) is 2. The molecule has 0 atom stereocenters. The van der Waals surface area contributed by atoms with Crippen LogP contribution >= 0.6 is 0 Å². The fraction of sp³-hybridized carbons (Fsp3) is 0.273. The summed E-state index contributed by atoms with van der Waals surface area (Å²) in [6.45, 7) is 1.60. The van der Waals surface area contributed by atoms with Crippen LogP contribution in [-0.4, -0.2) is 34.2 Å². The summed E-state index contributed by atoms with van der Waals surface area (Å²) in [5, 5.41) is 0. The number of methoxy groups -OCH3 is 1. The summed E-state index contributed by atoms with van der Waals surface area (Å²) in [6, 6.07) is 5.48. The molecule has 0 saturated heterocycles. The van der Waals surface area contributed by atoms with Crippen molar-refractivity contribution in [3.05, 3.63) is 29.8 Å². The average Bonchev–Trinajstić information content (AvgIpc) is 2.37. The predicted molar refractivity (Wildman–Crippen MR) is 70.5 cm³/mol. The van der Waals surface area contributed by atoms with E-state index in [-0.39, 0.29) is 17.9 Å². The van der Waals surface area contributed by atoms with Gasteiger partial charge in [-0.05, 0) is 31.2 Å². The third-order valence-corrected chi connectivity index (χ3v) is 2.99. The van der Waals surface area contributed by atoms with Crippen molar-refractivity contribution in [2.24, 2.45) is 0 Å². The zero-order valence-electron chi connectivity index (χ0n) is 10.9. The molecule has 1 rings (SSSR count). The summed E-state index contributed by atoms with van der Waals surface area (Å²) in [7, 11) is -2.85. The molecule has 9 heteroatoms. The number of hydrogen-bond acceptors (Lipinski definition) is 6. The standard InChI is InChI=1S/C11H14N2O6S/c1-3-19-11(15)13-20(16,17)12-9-6-4-8(5-7-9)10(14)18-2/h4-7,12H,3H2,1-2H3,(H,13,15). The molecule has 110 valence electrons. The van der Waals surface area contributed by atoms with Crippen LogP contribution in [0, 0.1) is 0 Å². The van der Waals surface area contributed by atoms with Crippen LogP contribution in [0.1, 0.15) is 17.3 Å². The molecule has 0 unspecified atom stereocenters. The summed E-state index contributed by atoms with van der Waals surface area (Å²) in [5.74, 6) is -0.538. The van der Waals surface area contributed by atoms with E-state index in [0.29, 0.717) is 0 Å². The van der Waals surface area contributed by atoms with Gasteiger partial charge in [0.2, 0.25) is 0 Å². The van der Waals surface area contributed by atoms with E-state index < -0.39 is 22.3 Å². The van der Waals surface area contributed by atoms with Crippen LogP contribution in [0.4, 0.5) is 10.5 Å². The average molecular weight is 302 g/mol. The molecule has 0 aliphatic rings. The van der Waals surface area contributed by atoms with Crippen molar-refractivity contribution >= 4 is 28.0 Å². The molecule has 0 fully saturated rings. The Hall–Kier alpha value is -2.29. The number of carbonyl (C=O) groups excluding carboxylic acids is 2. The van der Waals surface area contributed by atoms with Crippen molar-refractivity contribution in [1.82, 2.24) is 4.72 Å². The highest BCUT2D eigenvalue weighted by molar-refractivity contribution is 7.91. The number of hydrogen-bond donors (Lipinski definition) is 2. The fourth-order valence-electron chi connectivity index (χ4n) is 1.24. The van der Waals surface area contributed by atoms with Crippen LogP contribution < -0.4 is 9.44 Å². The summed E-state index contributed by atoms with van der Waals surface area (Å²) in [5.41, 5.74) is 0.447. The number of esters is 1. The fourth-order valence-corrected chi connectivity index (χ4v) is 2.02. The Labute approximate surface area is 116 Å². The van der Waals surface area contributed by atoms with Gasteiger partial charge in [0.05, 0.1) is 25.0 Å². The molecule has 1 aromatic rings. The van der Waals surface area contributed by atoms with Crippen molar-refractivity contribution in [2.45, 2.75) is 6.92 Å². The highest BCUT2D eigenvalue weighted by atomic mass is 32.2. The van der Waals surface area contributed by atoms with Crippen LogP contribution in [-0.2, 0) is 19.7 Å². The molecule has 0 aliphatic carbocycles. The Morgan fingerprint density at radius 1 is 1.20 bits per heavy atom. The molecule has 0 heterocycles. The predicted octanol–water partition coefficient (Wildman–Crippen LogP) is 0.876. The lowest BCUT2D eigenvalue weighted by Crippen LogP contribution is -2.35. The number of rotatable bonds is 5. The summed E-state index contributed by atoms with van der Waals surface area (Å²) in [4.78, 5) is 22.2. The molecule has 0 saturated carbocycles. The maximum atomic E-state index is 11.5. The molecule has 1 amide bonds. The Balaban J connectivity index is 2.73. The SMILES string of the molecule is CCOC(=O)NS(=O)(=O)Nc1ccc(C(=O)OC)cc1. The molecule has 0 radical (unpaired) electrons. The molecular weight excluding hydrogens is 288 g/mol. The largest absolute Gasteiger partial charge is 0.465 e. The Morgan fingerprint density at radius 2 is 1.80 bits per heavy atom. The van der Waals surface area contributed by atoms with Crippen molar-refractivity contribution in [1.29, 1.82) is 0 Å². The smallest absolute Gasteiger partial charge is 0.422 e. The number of ether oxygens (including phenoxy) is 2. The van der Waals surface area contributed by atoms with E-state index in [9.17, 15) is 18.0 Å². The first-order valence-corrected chi connectivity index (χ1v) is 7.02. The quantitative estimate of drug-likeness (QED) is 0.781. The molecular formula is C11H14N2O6S. The summed E-state index contributed by atoms with van der Waals surface area (Å²) >= 11 is 0. The Morgan fingerprint density at radius 3 is 2.30 bits per heavy atom. The molecule has 0 aromatic heterocycles. The first kappa shape index (κ1) is 15.8. The third kappa shape index (κ3) is 4.76. The first-order chi connectivity index (χ1) is 9.38. The van der Waals surface area contributed by atoms with Crippen molar-refractivity contribution < 1.29 is 27.5 Å². The van der Waals surface area contributed by atoms with E-state index in [0.717, 1.165) is 0 Å². The second-order valence-corrected chi connectivity index (χ2v) is 4.91. The molecule has 0 bridgehead atoms. The van der Waals surface area contributed by atoms with Crippen LogP contribution in [0.25, 0.3) is 0 Å². The van der Waals surface area contributed by atoms with E-state index >= 15 is 0 Å². The lowest BCUT2D eigenvalue weighted by atomic mass is 10.2. The lowest BCUT2D eigenvalue weighted by Gasteiger charge is -2.09. The number of anilines is 1. The summed E-state index contributed by atoms with van der Waals surface area (Å²) < 4.78 is 35.8. The van der Waals surface area contributed by atoms with E-state index in [1.54, 1.807) is 11.6 Å². The second kappa shape index (κ2) is 6.75. The summed E-state index contributed by atoms with van der Waals surface area (Å²) in [6.07, 6.45) is -1.08. The highest BCUT2D eigenvalue weighted by Gasteiger charge is 2.15. The van der Waals surface area contributed by atoms with Gasteiger partial charge in [-0.15, -0.1) is 0 Å². The van der Waals surface area contributed by atoms with E-state index in [2.05, 4.69) is 14.2 Å². The first-order valence-electron chi connectivity index (χ1n) is 5.53. The van der Waals surface area contributed by atoms with Gasteiger partial charge >= 0.3 is 22.3 Å². The van der Waals surface area contributed by atoms with E-state index in [1.807, 2.05) is 0 Å². The van der Waals surface area contributed by atoms with Gasteiger partial charge in [0, 0.05) is 0 Å². The van der Waals surface area contributed by atoms with Gasteiger partial charge in [0.15, 0.2) is 0 Å². The van der Waals surface area contributed by atoms with Gasteiger partial charge in [0.25, 0.3) is 0 Å². The zero-order valence-corrected chi connectivity index (χ0v) is 11.7. The minimum atomic E-state index is -4.09. The number of carbonyl (C=O) groups is 2. The zero-order chi connectivity index (χ0) is 15.2. The minimum absolute atomic E-state index is 0.0508. The second-order valence-electron chi connectivity index (χ2n) is 3.50. The molecule has 0 spiro atoms. The van der Waals surface area contributed by atoms with Crippen molar-refractivity contribution in [3.8, 4) is 0 Å². The topological polar surface area (TPSA) is 111 Å². The number of amides is 1. The van der Waals surface area contributed by atoms with Gasteiger partial charge in [-0.3, -0.25) is 4.72 Å². The molecule has 1 aromatic carbocycles. The Bertz CT molecular complexity index is 581. The molecule has 0 aliphatic heterocycles. The van der Waals surface area contributed by atoms with Gasteiger partial charge in [0.1, 0.15) is 0 Å². The van der Waals surface area contributed by atoms with Crippen LogP contribution in [0.2, 0.25) is 0 Å². The van der Waals surface area contributed by atoms with E-state index in [4.69, 9.17) is 0 Å². The highest BCUT2D eigenvalue weighted by Crippen LogP contribution is 2.11. The van der Waals surface area contributed by atoms with E-state index in [1.165, 1.54) is 31.4 Å². The van der Waals surface area contributed by atoms with Gasteiger partial charge in [-0.1, -0.05) is 0 Å². The normalized spacial score (nSPS) is 10.5. The van der Waals surface area contributed by atoms with Gasteiger partial charge < -0.3 is 9.47 Å². The minimum Gasteiger partial charge on any atom is -0.465 e. The van der Waals surface area contributed by atoms with Crippen LogP contribution in [0.3, 0.4) is 0 Å². The number of benzene rings is 1. The molecule has 2 N–H and O–H groups in total. The van der Waals surface area contributed by atoms with Crippen LogP contribution in [0.5, 0.6) is 0 Å². The van der Waals surface area contributed by atoms with Gasteiger partial charge in [-0.25, -0.2) is 14.3 Å². The third-order valence-electron chi connectivity index (χ3n) is 2.05. The maximum absolute atomic E-state index is 11.5. The van der Waals surface area contributed by atoms with Crippen LogP contribution in [0.15, 0.2) is 24.3 Å². The molecule has 8 nitrogen and oxygen atoms in total. The Kier molecular flexibility index (Phi) is 5.32. The van der Waals surface area contributed by atoms with Crippen molar-refractivity contribution in [2.75, 3.05) is 18.4 Å².